The summed E-state index contributed by atoms with van der Waals surface area (Å²) in [7, 11) is 0. The number of unbranched alkanes of at least 4 members (excludes halogenated alkanes) is 2. The van der Waals surface area contributed by atoms with Crippen LogP contribution in [-0.4, -0.2) is 11.1 Å². The molecule has 118 valence electrons. The monoisotopic (exact) mass is 298 g/mol. The summed E-state index contributed by atoms with van der Waals surface area (Å²) in [5.74, 6) is 0. The maximum absolute atomic E-state index is 12.8. The maximum Gasteiger partial charge on any atom is 0.255 e. The van der Waals surface area contributed by atoms with E-state index in [0.29, 0.717) is 6.54 Å². The van der Waals surface area contributed by atoms with Gasteiger partial charge in [-0.25, -0.2) is 0 Å². The Morgan fingerprint density at radius 2 is 1.77 bits per heavy atom. The highest BCUT2D eigenvalue weighted by Gasteiger charge is 2.10. The van der Waals surface area contributed by atoms with Gasteiger partial charge in [-0.1, -0.05) is 63.1 Å². The predicted octanol–water partition coefficient (Wildman–Crippen LogP) is 3.82. The molecule has 2 aromatic rings. The van der Waals surface area contributed by atoms with Gasteiger partial charge in [-0.3, -0.25) is 4.79 Å². The largest absolute Gasteiger partial charge is 0.313 e. The maximum atomic E-state index is 12.8. The summed E-state index contributed by atoms with van der Waals surface area (Å²) in [6, 6.07) is 14.2. The highest BCUT2D eigenvalue weighted by atomic mass is 16.1. The average Bonchev–Trinajstić information content (AvgIpc) is 2.56. The van der Waals surface area contributed by atoms with Crippen molar-refractivity contribution in [1.29, 1.82) is 0 Å². The molecule has 3 heteroatoms. The van der Waals surface area contributed by atoms with E-state index in [4.69, 9.17) is 0 Å². The van der Waals surface area contributed by atoms with Gasteiger partial charge in [0.05, 0.1) is 5.69 Å². The topological polar surface area (TPSA) is 34.0 Å². The number of rotatable bonds is 8. The number of pyridine rings is 1. The summed E-state index contributed by atoms with van der Waals surface area (Å²) in [5, 5.41) is 3.25. The van der Waals surface area contributed by atoms with Crippen LogP contribution in [0.1, 0.15) is 38.7 Å². The Hall–Kier alpha value is -1.87. The summed E-state index contributed by atoms with van der Waals surface area (Å²) in [4.78, 5) is 12.8. The molecular formula is C19H26N2O. The fourth-order valence-electron chi connectivity index (χ4n) is 2.62. The average molecular weight is 298 g/mol. The molecule has 0 amide bonds. The number of hydrogen-bond acceptors (Lipinski definition) is 2. The minimum atomic E-state index is 0.137. The Kier molecular flexibility index (Phi) is 6.41. The van der Waals surface area contributed by atoms with Crippen molar-refractivity contribution in [2.24, 2.45) is 0 Å². The van der Waals surface area contributed by atoms with Crippen molar-refractivity contribution in [1.82, 2.24) is 9.88 Å². The number of aromatic nitrogens is 1. The van der Waals surface area contributed by atoms with Gasteiger partial charge in [0, 0.05) is 18.7 Å². The van der Waals surface area contributed by atoms with E-state index in [-0.39, 0.29) is 5.56 Å². The van der Waals surface area contributed by atoms with E-state index in [0.717, 1.165) is 49.2 Å². The number of nitrogens with one attached hydrogen (secondary N) is 1. The lowest BCUT2D eigenvalue weighted by Gasteiger charge is -2.15. The summed E-state index contributed by atoms with van der Waals surface area (Å²) < 4.78 is 1.94. The summed E-state index contributed by atoms with van der Waals surface area (Å²) in [6.07, 6.45) is 3.35. The van der Waals surface area contributed by atoms with Gasteiger partial charge in [-0.15, -0.1) is 0 Å². The third-order valence-electron chi connectivity index (χ3n) is 3.87. The highest BCUT2D eigenvalue weighted by Crippen LogP contribution is 2.18. The summed E-state index contributed by atoms with van der Waals surface area (Å²) in [6.45, 7) is 6.53. The highest BCUT2D eigenvalue weighted by molar-refractivity contribution is 5.59. The van der Waals surface area contributed by atoms with Crippen LogP contribution < -0.4 is 10.9 Å². The van der Waals surface area contributed by atoms with Crippen LogP contribution in [0.15, 0.2) is 47.3 Å². The van der Waals surface area contributed by atoms with Crippen LogP contribution >= 0.6 is 0 Å². The molecule has 0 fully saturated rings. The van der Waals surface area contributed by atoms with E-state index in [1.54, 1.807) is 0 Å². The minimum Gasteiger partial charge on any atom is -0.313 e. The Morgan fingerprint density at radius 1 is 1.00 bits per heavy atom. The molecule has 2 rings (SSSR count). The lowest BCUT2D eigenvalue weighted by atomic mass is 10.1. The fourth-order valence-corrected chi connectivity index (χ4v) is 2.62. The molecule has 0 bridgehead atoms. The Bertz CT molecular complexity index is 632. The smallest absolute Gasteiger partial charge is 0.255 e. The van der Waals surface area contributed by atoms with Crippen LogP contribution in [-0.2, 0) is 13.1 Å². The molecule has 0 unspecified atom stereocenters. The molecule has 1 heterocycles. The van der Waals surface area contributed by atoms with E-state index in [2.05, 4.69) is 37.4 Å². The molecule has 1 aromatic carbocycles. The number of benzene rings is 1. The lowest BCUT2D eigenvalue weighted by Crippen LogP contribution is -2.28. The van der Waals surface area contributed by atoms with Crippen LogP contribution in [0.2, 0.25) is 0 Å². The fraction of sp³-hybridized carbons (Fsp3) is 0.421. The van der Waals surface area contributed by atoms with E-state index in [9.17, 15) is 4.79 Å². The normalized spacial score (nSPS) is 10.8. The van der Waals surface area contributed by atoms with Crippen molar-refractivity contribution in [2.45, 2.75) is 46.2 Å². The number of hydrogen-bond donors (Lipinski definition) is 1. The van der Waals surface area contributed by atoms with Crippen molar-refractivity contribution in [3.8, 4) is 11.3 Å². The van der Waals surface area contributed by atoms with Gasteiger partial charge in [-0.2, -0.15) is 0 Å². The number of nitrogens with zero attached hydrogens (tertiary/aromatic N) is 1. The zero-order valence-corrected chi connectivity index (χ0v) is 13.6. The molecule has 0 saturated carbocycles. The second kappa shape index (κ2) is 8.54. The first-order valence-electron chi connectivity index (χ1n) is 8.26. The van der Waals surface area contributed by atoms with Crippen molar-refractivity contribution in [3.05, 3.63) is 58.4 Å². The van der Waals surface area contributed by atoms with E-state index < -0.39 is 0 Å². The van der Waals surface area contributed by atoms with Gasteiger partial charge in [-0.05, 0) is 24.6 Å². The van der Waals surface area contributed by atoms with Crippen molar-refractivity contribution in [3.63, 3.8) is 0 Å². The molecule has 0 saturated heterocycles. The van der Waals surface area contributed by atoms with Crippen LogP contribution in [0.25, 0.3) is 11.3 Å². The molecule has 1 aromatic heterocycles. The molecule has 0 spiro atoms. The second-order valence-electron chi connectivity index (χ2n) is 5.55. The van der Waals surface area contributed by atoms with Crippen LogP contribution in [0.3, 0.4) is 0 Å². The van der Waals surface area contributed by atoms with Crippen LogP contribution in [0, 0.1) is 0 Å². The molecule has 0 radical (unpaired) electrons. The summed E-state index contributed by atoms with van der Waals surface area (Å²) >= 11 is 0. The van der Waals surface area contributed by atoms with E-state index in [1.807, 2.05) is 28.8 Å². The second-order valence-corrected chi connectivity index (χ2v) is 5.55. The molecular weight excluding hydrogens is 272 g/mol. The van der Waals surface area contributed by atoms with Crippen molar-refractivity contribution in [2.75, 3.05) is 6.54 Å². The molecule has 1 N–H and O–H groups in total. The van der Waals surface area contributed by atoms with Gasteiger partial charge < -0.3 is 9.88 Å². The Balaban J connectivity index is 2.39. The molecule has 0 atom stereocenters. The summed E-state index contributed by atoms with van der Waals surface area (Å²) in [5.41, 5.74) is 3.10. The zero-order valence-electron chi connectivity index (χ0n) is 13.6. The molecule has 22 heavy (non-hydrogen) atoms. The SMILES string of the molecule is CCCCCn1c(-c2ccccc2)ccc(CNCC)c1=O. The third-order valence-corrected chi connectivity index (χ3v) is 3.87. The van der Waals surface area contributed by atoms with Gasteiger partial charge in [0.15, 0.2) is 0 Å². The van der Waals surface area contributed by atoms with E-state index >= 15 is 0 Å². The van der Waals surface area contributed by atoms with Crippen LogP contribution in [0.4, 0.5) is 0 Å². The lowest BCUT2D eigenvalue weighted by molar-refractivity contribution is 0.584. The zero-order chi connectivity index (χ0) is 15.8. The molecule has 0 aliphatic rings. The van der Waals surface area contributed by atoms with Gasteiger partial charge in [0.25, 0.3) is 5.56 Å². The first-order chi connectivity index (χ1) is 10.8. The molecule has 0 aliphatic heterocycles. The molecule has 0 aliphatic carbocycles. The first-order valence-corrected chi connectivity index (χ1v) is 8.26. The Labute approximate surface area is 133 Å². The van der Waals surface area contributed by atoms with E-state index in [1.165, 1.54) is 0 Å². The van der Waals surface area contributed by atoms with Crippen LogP contribution in [0.5, 0.6) is 0 Å². The van der Waals surface area contributed by atoms with Crippen molar-refractivity contribution < 1.29 is 0 Å². The van der Waals surface area contributed by atoms with Gasteiger partial charge >= 0.3 is 0 Å². The predicted molar refractivity (Wildman–Crippen MR) is 93.0 cm³/mol. The van der Waals surface area contributed by atoms with Gasteiger partial charge in [0.2, 0.25) is 0 Å². The minimum absolute atomic E-state index is 0.137. The van der Waals surface area contributed by atoms with Gasteiger partial charge in [0.1, 0.15) is 0 Å². The molecule has 3 nitrogen and oxygen atoms in total. The standard InChI is InChI=1S/C19H26N2O/c1-3-5-9-14-21-18(16-10-7-6-8-11-16)13-12-17(19(21)22)15-20-4-2/h6-8,10-13,20H,3-5,9,14-15H2,1-2H3. The quantitative estimate of drug-likeness (QED) is 0.752. The first kappa shape index (κ1) is 16.5. The third kappa shape index (κ3) is 4.08. The van der Waals surface area contributed by atoms with Crippen molar-refractivity contribution >= 4 is 0 Å². The Morgan fingerprint density at radius 3 is 2.45 bits per heavy atom.